The molecule has 80 valence electrons. The molecule has 0 saturated heterocycles. The summed E-state index contributed by atoms with van der Waals surface area (Å²) < 4.78 is 22.9. The van der Waals surface area contributed by atoms with E-state index >= 15 is 0 Å². The average Bonchev–Trinajstić information content (AvgIpc) is 2.02. The van der Waals surface area contributed by atoms with E-state index in [4.69, 9.17) is 0 Å². The second-order valence-corrected chi connectivity index (χ2v) is 4.16. The fourth-order valence-corrected chi connectivity index (χ4v) is 1.72. The Balaban J connectivity index is 3.17. The Morgan fingerprint density at radius 3 is 2.46 bits per heavy atom. The van der Waals surface area contributed by atoms with E-state index < -0.39 is 11.3 Å². The van der Waals surface area contributed by atoms with Crippen LogP contribution in [0.25, 0.3) is 0 Å². The van der Waals surface area contributed by atoms with Crippen molar-refractivity contribution in [3.8, 4) is 0 Å². The van der Waals surface area contributed by atoms with Gasteiger partial charge in [0.25, 0.3) is 0 Å². The van der Waals surface area contributed by atoms with Crippen molar-refractivity contribution in [3.05, 3.63) is 0 Å². The highest BCUT2D eigenvalue weighted by molar-refractivity contribution is 7.77. The standard InChI is InChI=1S/C9H21NO2S/c1-3-4-5-6-7-8-9(2)10-13(11)12/h9-10H,3-8H2,1-2H3,(H,11,12)/p-1. The maximum atomic E-state index is 10.2. The SMILES string of the molecule is CCCCCCCC(C)NS(=O)[O-]. The highest BCUT2D eigenvalue weighted by Gasteiger charge is 1.99. The predicted molar refractivity (Wildman–Crippen MR) is 54.9 cm³/mol. The first-order valence-corrected chi connectivity index (χ1v) is 6.09. The monoisotopic (exact) mass is 206 g/mol. The highest BCUT2D eigenvalue weighted by Crippen LogP contribution is 2.06. The Bertz CT molecular complexity index is 142. The minimum absolute atomic E-state index is 0.0833. The molecule has 2 unspecified atom stereocenters. The summed E-state index contributed by atoms with van der Waals surface area (Å²) in [5.74, 6) is 0. The maximum absolute atomic E-state index is 10.2. The first-order valence-electron chi connectivity index (χ1n) is 5.02. The molecule has 0 aliphatic heterocycles. The molecule has 0 aromatic rings. The quantitative estimate of drug-likeness (QED) is 0.488. The molecule has 0 aromatic heterocycles. The number of unbranched alkanes of at least 4 members (excludes halogenated alkanes) is 4. The van der Waals surface area contributed by atoms with Crippen molar-refractivity contribution in [1.29, 1.82) is 0 Å². The Kier molecular flexibility index (Phi) is 8.71. The lowest BCUT2D eigenvalue weighted by Crippen LogP contribution is -2.27. The first kappa shape index (κ1) is 13.1. The molecule has 0 spiro atoms. The van der Waals surface area contributed by atoms with Crippen molar-refractivity contribution in [2.45, 2.75) is 58.4 Å². The minimum atomic E-state index is -2.10. The van der Waals surface area contributed by atoms with Gasteiger partial charge in [-0.15, -0.1) is 0 Å². The lowest BCUT2D eigenvalue weighted by atomic mass is 10.1. The van der Waals surface area contributed by atoms with Crippen LogP contribution in [0.5, 0.6) is 0 Å². The van der Waals surface area contributed by atoms with Gasteiger partial charge in [0.05, 0.1) is 0 Å². The van der Waals surface area contributed by atoms with E-state index in [2.05, 4.69) is 11.6 Å². The van der Waals surface area contributed by atoms with Crippen molar-refractivity contribution >= 4 is 11.3 Å². The van der Waals surface area contributed by atoms with Crippen LogP contribution in [0.3, 0.4) is 0 Å². The molecule has 0 aromatic carbocycles. The van der Waals surface area contributed by atoms with Crippen LogP contribution in [0, 0.1) is 0 Å². The number of hydrogen-bond acceptors (Lipinski definition) is 2. The topological polar surface area (TPSA) is 52.2 Å². The molecule has 0 aliphatic rings. The molecular formula is C9H20NO2S-. The zero-order valence-corrected chi connectivity index (χ0v) is 9.36. The fourth-order valence-electron chi connectivity index (χ4n) is 1.28. The summed E-state index contributed by atoms with van der Waals surface area (Å²) >= 11 is -2.10. The van der Waals surface area contributed by atoms with Gasteiger partial charge in [-0.05, 0) is 13.3 Å². The molecule has 13 heavy (non-hydrogen) atoms. The molecule has 0 saturated carbocycles. The number of nitrogens with one attached hydrogen (secondary N) is 1. The molecule has 0 rings (SSSR count). The van der Waals surface area contributed by atoms with E-state index in [0.717, 1.165) is 12.8 Å². The van der Waals surface area contributed by atoms with Crippen LogP contribution < -0.4 is 4.72 Å². The van der Waals surface area contributed by atoms with Gasteiger partial charge in [0.2, 0.25) is 0 Å². The van der Waals surface area contributed by atoms with Crippen LogP contribution in [-0.2, 0) is 11.3 Å². The molecule has 0 amide bonds. The summed E-state index contributed by atoms with van der Waals surface area (Å²) in [4.78, 5) is 0. The zero-order chi connectivity index (χ0) is 10.1. The lowest BCUT2D eigenvalue weighted by Gasteiger charge is -2.14. The summed E-state index contributed by atoms with van der Waals surface area (Å²) in [5.41, 5.74) is 0. The van der Waals surface area contributed by atoms with Crippen LogP contribution in [0.2, 0.25) is 0 Å². The first-order chi connectivity index (χ1) is 6.16. The second kappa shape index (κ2) is 8.66. The van der Waals surface area contributed by atoms with Gasteiger partial charge in [0, 0.05) is 17.3 Å². The second-order valence-electron chi connectivity index (χ2n) is 3.46. The fraction of sp³-hybridized carbons (Fsp3) is 1.00. The third kappa shape index (κ3) is 9.99. The van der Waals surface area contributed by atoms with Crippen molar-refractivity contribution < 1.29 is 8.76 Å². The van der Waals surface area contributed by atoms with Crippen molar-refractivity contribution in [2.24, 2.45) is 0 Å². The molecule has 2 atom stereocenters. The normalized spacial score (nSPS) is 15.6. The summed E-state index contributed by atoms with van der Waals surface area (Å²) in [6.07, 6.45) is 7.08. The van der Waals surface area contributed by atoms with Gasteiger partial charge in [-0.25, -0.2) is 4.72 Å². The summed E-state index contributed by atoms with van der Waals surface area (Å²) in [5, 5.41) is 0. The Hall–Kier alpha value is 0.0700. The van der Waals surface area contributed by atoms with Crippen LogP contribution >= 0.6 is 0 Å². The minimum Gasteiger partial charge on any atom is -0.760 e. The zero-order valence-electron chi connectivity index (χ0n) is 8.54. The highest BCUT2D eigenvalue weighted by atomic mass is 32.2. The maximum Gasteiger partial charge on any atom is 0.0183 e. The average molecular weight is 206 g/mol. The smallest absolute Gasteiger partial charge is 0.0183 e. The third-order valence-electron chi connectivity index (χ3n) is 2.04. The summed E-state index contributed by atoms with van der Waals surface area (Å²) in [6, 6.07) is 0.0833. The molecule has 4 heteroatoms. The lowest BCUT2D eigenvalue weighted by molar-refractivity contribution is 0.488. The van der Waals surface area contributed by atoms with E-state index in [-0.39, 0.29) is 6.04 Å². The molecule has 3 nitrogen and oxygen atoms in total. The van der Waals surface area contributed by atoms with Crippen LogP contribution in [0.4, 0.5) is 0 Å². The van der Waals surface area contributed by atoms with Crippen molar-refractivity contribution in [1.82, 2.24) is 4.72 Å². The molecule has 1 N–H and O–H groups in total. The van der Waals surface area contributed by atoms with E-state index in [1.807, 2.05) is 6.92 Å². The predicted octanol–water partition coefficient (Wildman–Crippen LogP) is 2.12. The van der Waals surface area contributed by atoms with Gasteiger partial charge in [-0.3, -0.25) is 4.21 Å². The number of rotatable bonds is 8. The van der Waals surface area contributed by atoms with Gasteiger partial charge in [-0.1, -0.05) is 39.0 Å². The van der Waals surface area contributed by atoms with E-state index in [0.29, 0.717) is 0 Å². The molecule has 0 radical (unpaired) electrons. The Morgan fingerprint density at radius 2 is 1.92 bits per heavy atom. The molecule has 0 fully saturated rings. The van der Waals surface area contributed by atoms with E-state index in [1.165, 1.54) is 25.7 Å². The third-order valence-corrected chi connectivity index (χ3v) is 2.63. The summed E-state index contributed by atoms with van der Waals surface area (Å²) in [6.45, 7) is 4.08. The Labute approximate surface area is 83.7 Å². The van der Waals surface area contributed by atoms with E-state index in [1.54, 1.807) is 0 Å². The van der Waals surface area contributed by atoms with Crippen molar-refractivity contribution in [2.75, 3.05) is 0 Å². The van der Waals surface area contributed by atoms with Gasteiger partial charge in [0.15, 0.2) is 0 Å². The Morgan fingerprint density at radius 1 is 1.31 bits per heavy atom. The summed E-state index contributed by atoms with van der Waals surface area (Å²) in [7, 11) is 0. The van der Waals surface area contributed by atoms with Crippen LogP contribution in [0.15, 0.2) is 0 Å². The molecule has 0 bridgehead atoms. The van der Waals surface area contributed by atoms with E-state index in [9.17, 15) is 8.76 Å². The largest absolute Gasteiger partial charge is 0.760 e. The molecule has 0 aliphatic carbocycles. The van der Waals surface area contributed by atoms with Crippen LogP contribution in [0.1, 0.15) is 52.4 Å². The van der Waals surface area contributed by atoms with Gasteiger partial charge in [0.1, 0.15) is 0 Å². The number of hydrogen-bond donors (Lipinski definition) is 1. The van der Waals surface area contributed by atoms with Gasteiger partial charge in [-0.2, -0.15) is 0 Å². The van der Waals surface area contributed by atoms with Crippen LogP contribution in [-0.4, -0.2) is 14.8 Å². The van der Waals surface area contributed by atoms with Gasteiger partial charge >= 0.3 is 0 Å². The molecular weight excluding hydrogens is 186 g/mol. The van der Waals surface area contributed by atoms with Gasteiger partial charge < -0.3 is 4.55 Å². The van der Waals surface area contributed by atoms with Crippen molar-refractivity contribution in [3.63, 3.8) is 0 Å². The molecule has 0 heterocycles.